The summed E-state index contributed by atoms with van der Waals surface area (Å²) in [4.78, 5) is 0. The third-order valence-corrected chi connectivity index (χ3v) is 4.67. The quantitative estimate of drug-likeness (QED) is 0.878. The van der Waals surface area contributed by atoms with Gasteiger partial charge < -0.3 is 5.32 Å². The molecule has 0 saturated heterocycles. The Hall–Kier alpha value is -0.170. The van der Waals surface area contributed by atoms with Crippen molar-refractivity contribution in [3.05, 3.63) is 37.2 Å². The number of nitrogens with zero attached hydrogens (tertiary/aromatic N) is 2. The van der Waals surface area contributed by atoms with Gasteiger partial charge in [0.25, 0.3) is 0 Å². The molecular formula is C11H13Br2N3S. The minimum atomic E-state index is 0.171. The molecule has 2 rings (SSSR count). The van der Waals surface area contributed by atoms with Crippen LogP contribution in [0.4, 0.5) is 0 Å². The van der Waals surface area contributed by atoms with Gasteiger partial charge in [-0.25, -0.2) is 0 Å². The topological polar surface area (TPSA) is 29.9 Å². The smallest absolute Gasteiger partial charge is 0.0768 e. The van der Waals surface area contributed by atoms with Gasteiger partial charge in [0, 0.05) is 7.05 Å². The van der Waals surface area contributed by atoms with E-state index < -0.39 is 0 Å². The summed E-state index contributed by atoms with van der Waals surface area (Å²) in [6.07, 6.45) is 1.83. The number of halogens is 2. The Morgan fingerprint density at radius 3 is 2.76 bits per heavy atom. The highest BCUT2D eigenvalue weighted by Crippen LogP contribution is 2.32. The van der Waals surface area contributed by atoms with Gasteiger partial charge >= 0.3 is 0 Å². The summed E-state index contributed by atoms with van der Waals surface area (Å²) in [6.45, 7) is 3.02. The average Bonchev–Trinajstić information content (AvgIpc) is 2.84. The fourth-order valence-corrected chi connectivity index (χ4v) is 3.57. The third-order valence-electron chi connectivity index (χ3n) is 2.54. The van der Waals surface area contributed by atoms with Crippen LogP contribution in [0.2, 0.25) is 0 Å². The van der Waals surface area contributed by atoms with E-state index in [1.54, 1.807) is 11.3 Å². The summed E-state index contributed by atoms with van der Waals surface area (Å²) in [5, 5.41) is 9.93. The summed E-state index contributed by atoms with van der Waals surface area (Å²) in [5.74, 6) is 0. The fraction of sp³-hybridized carbons (Fsp3) is 0.364. The second-order valence-electron chi connectivity index (χ2n) is 3.68. The molecule has 2 aromatic heterocycles. The predicted octanol–water partition coefficient (Wildman–Crippen LogP) is 3.71. The standard InChI is InChI=1S/C11H13Br2N3S/c1-3-14-10(7-4-9(13)17-6-7)11-8(12)5-15-16(11)2/h4-6,10,14H,3H2,1-2H3. The number of rotatable bonds is 4. The minimum absolute atomic E-state index is 0.171. The number of thiophene rings is 1. The molecule has 0 aliphatic heterocycles. The lowest BCUT2D eigenvalue weighted by Crippen LogP contribution is -2.24. The van der Waals surface area contributed by atoms with Crippen molar-refractivity contribution in [2.24, 2.45) is 7.05 Å². The summed E-state index contributed by atoms with van der Waals surface area (Å²) >= 11 is 8.77. The Morgan fingerprint density at radius 1 is 1.53 bits per heavy atom. The molecule has 0 fully saturated rings. The van der Waals surface area contributed by atoms with Gasteiger partial charge in [-0.15, -0.1) is 11.3 Å². The lowest BCUT2D eigenvalue weighted by Gasteiger charge is -2.17. The zero-order valence-electron chi connectivity index (χ0n) is 9.58. The van der Waals surface area contributed by atoms with E-state index in [-0.39, 0.29) is 6.04 Å². The van der Waals surface area contributed by atoms with Crippen LogP contribution >= 0.6 is 43.2 Å². The van der Waals surface area contributed by atoms with E-state index in [0.29, 0.717) is 0 Å². The second-order valence-corrected chi connectivity index (χ2v) is 6.82. The number of aryl methyl sites for hydroxylation is 1. The van der Waals surface area contributed by atoms with Crippen LogP contribution in [-0.2, 0) is 7.05 Å². The van der Waals surface area contributed by atoms with Gasteiger partial charge in [0.2, 0.25) is 0 Å². The van der Waals surface area contributed by atoms with Crippen LogP contribution in [0.5, 0.6) is 0 Å². The summed E-state index contributed by atoms with van der Waals surface area (Å²) in [7, 11) is 1.96. The predicted molar refractivity (Wildman–Crippen MR) is 78.4 cm³/mol. The van der Waals surface area contributed by atoms with Crippen molar-refractivity contribution in [2.45, 2.75) is 13.0 Å². The van der Waals surface area contributed by atoms with E-state index in [9.17, 15) is 0 Å². The van der Waals surface area contributed by atoms with Crippen LogP contribution in [0.15, 0.2) is 25.9 Å². The van der Waals surface area contributed by atoms with E-state index in [0.717, 1.165) is 20.5 Å². The Labute approximate surface area is 121 Å². The van der Waals surface area contributed by atoms with Crippen molar-refractivity contribution < 1.29 is 0 Å². The molecule has 0 aliphatic carbocycles. The number of aromatic nitrogens is 2. The van der Waals surface area contributed by atoms with E-state index in [4.69, 9.17) is 0 Å². The Morgan fingerprint density at radius 2 is 2.29 bits per heavy atom. The molecule has 92 valence electrons. The van der Waals surface area contributed by atoms with E-state index >= 15 is 0 Å². The van der Waals surface area contributed by atoms with Gasteiger partial charge in [-0.2, -0.15) is 5.10 Å². The summed E-state index contributed by atoms with van der Waals surface area (Å²) in [6, 6.07) is 2.32. The van der Waals surface area contributed by atoms with Crippen LogP contribution < -0.4 is 5.32 Å². The molecule has 0 saturated carbocycles. The lowest BCUT2D eigenvalue weighted by atomic mass is 10.1. The third kappa shape index (κ3) is 2.81. The summed E-state index contributed by atoms with van der Waals surface area (Å²) < 4.78 is 4.09. The first-order chi connectivity index (χ1) is 8.13. The zero-order valence-corrected chi connectivity index (χ0v) is 13.6. The van der Waals surface area contributed by atoms with E-state index in [1.807, 2.05) is 17.9 Å². The zero-order chi connectivity index (χ0) is 12.4. The maximum atomic E-state index is 4.27. The fourth-order valence-electron chi connectivity index (χ4n) is 1.80. The monoisotopic (exact) mass is 377 g/mol. The maximum absolute atomic E-state index is 4.27. The molecule has 0 radical (unpaired) electrons. The molecule has 2 aromatic rings. The van der Waals surface area contributed by atoms with Crippen molar-refractivity contribution in [1.82, 2.24) is 15.1 Å². The molecule has 2 heterocycles. The highest BCUT2D eigenvalue weighted by Gasteiger charge is 2.20. The van der Waals surface area contributed by atoms with E-state index in [2.05, 4.69) is 60.6 Å². The molecule has 1 unspecified atom stereocenters. The molecule has 0 aliphatic rings. The SMILES string of the molecule is CCNC(c1csc(Br)c1)c1c(Br)cnn1C. The van der Waals surface area contributed by atoms with Crippen LogP contribution in [0.1, 0.15) is 24.2 Å². The first-order valence-corrected chi connectivity index (χ1v) is 7.74. The van der Waals surface area contributed by atoms with Gasteiger partial charge in [-0.05, 0) is 55.4 Å². The van der Waals surface area contributed by atoms with E-state index in [1.165, 1.54) is 5.56 Å². The first kappa shape index (κ1) is 13.3. The van der Waals surface area contributed by atoms with Gasteiger partial charge in [0.1, 0.15) is 0 Å². The van der Waals surface area contributed by atoms with Crippen molar-refractivity contribution in [1.29, 1.82) is 0 Å². The van der Waals surface area contributed by atoms with Crippen LogP contribution in [-0.4, -0.2) is 16.3 Å². The van der Waals surface area contributed by atoms with Crippen molar-refractivity contribution in [3.63, 3.8) is 0 Å². The lowest BCUT2D eigenvalue weighted by molar-refractivity contribution is 0.572. The molecule has 0 bridgehead atoms. The van der Waals surface area contributed by atoms with Gasteiger partial charge in [-0.3, -0.25) is 4.68 Å². The molecule has 1 atom stereocenters. The molecule has 17 heavy (non-hydrogen) atoms. The van der Waals surface area contributed by atoms with Gasteiger partial charge in [-0.1, -0.05) is 6.92 Å². The maximum Gasteiger partial charge on any atom is 0.0768 e. The molecule has 0 aromatic carbocycles. The molecule has 3 nitrogen and oxygen atoms in total. The van der Waals surface area contributed by atoms with Crippen LogP contribution in [0, 0.1) is 0 Å². The average molecular weight is 379 g/mol. The van der Waals surface area contributed by atoms with Crippen LogP contribution in [0.25, 0.3) is 0 Å². The Bertz CT molecular complexity index is 487. The second kappa shape index (κ2) is 5.65. The van der Waals surface area contributed by atoms with Gasteiger partial charge in [0.05, 0.1) is 26.2 Å². The largest absolute Gasteiger partial charge is 0.305 e. The number of hydrogen-bond acceptors (Lipinski definition) is 3. The van der Waals surface area contributed by atoms with Crippen molar-refractivity contribution in [3.8, 4) is 0 Å². The normalized spacial score (nSPS) is 12.9. The molecule has 0 spiro atoms. The van der Waals surface area contributed by atoms with Crippen LogP contribution in [0.3, 0.4) is 0 Å². The Kier molecular flexibility index (Phi) is 4.41. The molecule has 0 amide bonds. The molecule has 6 heteroatoms. The first-order valence-electron chi connectivity index (χ1n) is 5.28. The highest BCUT2D eigenvalue weighted by atomic mass is 79.9. The highest BCUT2D eigenvalue weighted by molar-refractivity contribution is 9.11. The Balaban J connectivity index is 2.42. The van der Waals surface area contributed by atoms with Gasteiger partial charge in [0.15, 0.2) is 0 Å². The summed E-state index contributed by atoms with van der Waals surface area (Å²) in [5.41, 5.74) is 2.41. The minimum Gasteiger partial charge on any atom is -0.305 e. The number of hydrogen-bond donors (Lipinski definition) is 1. The molecular weight excluding hydrogens is 366 g/mol. The molecule has 1 N–H and O–H groups in total. The number of nitrogens with one attached hydrogen (secondary N) is 1. The van der Waals surface area contributed by atoms with Crippen molar-refractivity contribution in [2.75, 3.05) is 6.54 Å². The van der Waals surface area contributed by atoms with Crippen molar-refractivity contribution >= 4 is 43.2 Å².